The molecular formula is C12H36Cl6N6. The molecule has 2 unspecified atom stereocenters. The van der Waals surface area contributed by atoms with Crippen LogP contribution in [0, 0.1) is 0 Å². The number of rotatable bonds is 8. The van der Waals surface area contributed by atoms with Crippen molar-refractivity contribution >= 4 is 74.4 Å². The summed E-state index contributed by atoms with van der Waals surface area (Å²) in [6, 6.07) is 0.288. The van der Waals surface area contributed by atoms with E-state index in [4.69, 9.17) is 22.9 Å². The maximum atomic E-state index is 5.83. The van der Waals surface area contributed by atoms with Crippen LogP contribution in [0.5, 0.6) is 0 Å². The van der Waals surface area contributed by atoms with Crippen LogP contribution in [0.4, 0.5) is 0 Å². The molecule has 8 N–H and O–H groups in total. The van der Waals surface area contributed by atoms with Gasteiger partial charge in [0.15, 0.2) is 0 Å². The normalized spacial score (nSPS) is 16.5. The quantitative estimate of drug-likeness (QED) is 0.405. The molecule has 1 fully saturated rings. The lowest BCUT2D eigenvalue weighted by Crippen LogP contribution is -2.48. The summed E-state index contributed by atoms with van der Waals surface area (Å²) in [6.07, 6.45) is 1.99. The average Bonchev–Trinajstić information content (AvgIpc) is 2.43. The smallest absolute Gasteiger partial charge is 0.0175 e. The monoisotopic (exact) mass is 474 g/mol. The molecule has 12 heteroatoms. The van der Waals surface area contributed by atoms with Gasteiger partial charge in [0, 0.05) is 51.4 Å². The Morgan fingerprint density at radius 3 is 1.04 bits per heavy atom. The Kier molecular flexibility index (Phi) is 41.1. The predicted molar refractivity (Wildman–Crippen MR) is 120 cm³/mol. The molecule has 1 saturated heterocycles. The van der Waals surface area contributed by atoms with E-state index in [0.717, 1.165) is 52.1 Å². The molecule has 24 heavy (non-hydrogen) atoms. The van der Waals surface area contributed by atoms with E-state index in [2.05, 4.69) is 9.80 Å². The molecule has 0 radical (unpaired) electrons. The van der Waals surface area contributed by atoms with Gasteiger partial charge in [-0.05, 0) is 25.9 Å². The van der Waals surface area contributed by atoms with E-state index in [1.165, 1.54) is 0 Å². The molecule has 0 aromatic carbocycles. The van der Waals surface area contributed by atoms with Gasteiger partial charge in [0.05, 0.1) is 0 Å². The van der Waals surface area contributed by atoms with Gasteiger partial charge in [0.25, 0.3) is 0 Å². The van der Waals surface area contributed by atoms with E-state index in [9.17, 15) is 0 Å². The van der Waals surface area contributed by atoms with E-state index in [1.807, 2.05) is 0 Å². The van der Waals surface area contributed by atoms with Gasteiger partial charge in [0.1, 0.15) is 0 Å². The summed E-state index contributed by atoms with van der Waals surface area (Å²) in [6.45, 7) is 7.77. The number of piperazine rings is 1. The van der Waals surface area contributed by atoms with Crippen molar-refractivity contribution in [3.8, 4) is 0 Å². The maximum Gasteiger partial charge on any atom is 0.0175 e. The summed E-state index contributed by atoms with van der Waals surface area (Å²) in [5, 5.41) is 0. The second-order valence-electron chi connectivity index (χ2n) is 5.25. The standard InChI is InChI=1S/C12H30N6.6ClH/c13-9-11(15)1-3-17-5-7-18(8-6-17)4-2-12(16)10-14;;;;;;/h11-12H,1-10,13-16H2;6*1H. The van der Waals surface area contributed by atoms with E-state index >= 15 is 0 Å². The molecule has 1 aliphatic heterocycles. The number of halogens is 6. The first-order valence-electron chi connectivity index (χ1n) is 7.01. The minimum absolute atomic E-state index is 0. The van der Waals surface area contributed by atoms with Crippen LogP contribution < -0.4 is 22.9 Å². The molecule has 156 valence electrons. The van der Waals surface area contributed by atoms with Crippen LogP contribution >= 0.6 is 74.4 Å². The van der Waals surface area contributed by atoms with Crippen molar-refractivity contribution in [2.45, 2.75) is 24.9 Å². The molecule has 0 bridgehead atoms. The van der Waals surface area contributed by atoms with Crippen molar-refractivity contribution in [1.82, 2.24) is 9.80 Å². The molecule has 0 amide bonds. The van der Waals surface area contributed by atoms with Crippen molar-refractivity contribution in [1.29, 1.82) is 0 Å². The number of nitrogens with zero attached hydrogens (tertiary/aromatic N) is 2. The fraction of sp³-hybridized carbons (Fsp3) is 1.00. The highest BCUT2D eigenvalue weighted by atomic mass is 35.5. The Morgan fingerprint density at radius 2 is 0.833 bits per heavy atom. The highest BCUT2D eigenvalue weighted by Gasteiger charge is 2.17. The zero-order valence-electron chi connectivity index (χ0n) is 13.9. The molecule has 0 spiro atoms. The molecule has 0 aromatic rings. The van der Waals surface area contributed by atoms with Crippen molar-refractivity contribution in [2.24, 2.45) is 22.9 Å². The van der Waals surface area contributed by atoms with Crippen LogP contribution in [0.25, 0.3) is 0 Å². The Balaban J connectivity index is -0.000000135. The van der Waals surface area contributed by atoms with Gasteiger partial charge in [-0.1, -0.05) is 0 Å². The molecule has 1 heterocycles. The van der Waals surface area contributed by atoms with Crippen molar-refractivity contribution in [2.75, 3.05) is 52.4 Å². The van der Waals surface area contributed by atoms with Gasteiger partial charge in [-0.2, -0.15) is 0 Å². The highest BCUT2D eigenvalue weighted by Crippen LogP contribution is 2.04. The van der Waals surface area contributed by atoms with Crippen LogP contribution in [0.2, 0.25) is 0 Å². The third-order valence-corrected chi connectivity index (χ3v) is 3.70. The second kappa shape index (κ2) is 24.5. The van der Waals surface area contributed by atoms with Crippen molar-refractivity contribution in [3.63, 3.8) is 0 Å². The third kappa shape index (κ3) is 18.3. The van der Waals surface area contributed by atoms with Gasteiger partial charge in [0.2, 0.25) is 0 Å². The number of hydrogen-bond acceptors (Lipinski definition) is 6. The SMILES string of the molecule is Cl.Cl.Cl.Cl.Cl.Cl.NCC(N)CCN1CCN(CCC(N)CN)CC1. The molecule has 6 nitrogen and oxygen atoms in total. The molecule has 0 aromatic heterocycles. The zero-order chi connectivity index (χ0) is 13.4. The van der Waals surface area contributed by atoms with E-state index in [-0.39, 0.29) is 86.5 Å². The topological polar surface area (TPSA) is 111 Å². The van der Waals surface area contributed by atoms with Crippen molar-refractivity contribution < 1.29 is 0 Å². The first-order valence-corrected chi connectivity index (χ1v) is 7.01. The lowest BCUT2D eigenvalue weighted by molar-refractivity contribution is 0.127. The summed E-state index contributed by atoms with van der Waals surface area (Å²) in [7, 11) is 0. The third-order valence-electron chi connectivity index (χ3n) is 3.70. The van der Waals surface area contributed by atoms with Gasteiger partial charge < -0.3 is 32.7 Å². The fourth-order valence-electron chi connectivity index (χ4n) is 2.17. The van der Waals surface area contributed by atoms with Crippen molar-refractivity contribution in [3.05, 3.63) is 0 Å². The van der Waals surface area contributed by atoms with Crippen LogP contribution in [0.3, 0.4) is 0 Å². The van der Waals surface area contributed by atoms with Crippen LogP contribution in [-0.2, 0) is 0 Å². The lowest BCUT2D eigenvalue weighted by atomic mass is 10.2. The van der Waals surface area contributed by atoms with Crippen LogP contribution in [-0.4, -0.2) is 74.2 Å². The average molecular weight is 477 g/mol. The summed E-state index contributed by atoms with van der Waals surface area (Å²) in [5.41, 5.74) is 22.7. The van der Waals surface area contributed by atoms with Gasteiger partial charge in [-0.25, -0.2) is 0 Å². The zero-order valence-corrected chi connectivity index (χ0v) is 18.8. The Morgan fingerprint density at radius 1 is 0.583 bits per heavy atom. The van der Waals surface area contributed by atoms with E-state index in [1.54, 1.807) is 0 Å². The molecular weight excluding hydrogens is 441 g/mol. The second-order valence-corrected chi connectivity index (χ2v) is 5.25. The number of hydrogen-bond donors (Lipinski definition) is 4. The first kappa shape index (κ1) is 40.3. The van der Waals surface area contributed by atoms with Gasteiger partial charge >= 0.3 is 0 Å². The van der Waals surface area contributed by atoms with Crippen LogP contribution in [0.15, 0.2) is 0 Å². The molecule has 0 aliphatic carbocycles. The van der Waals surface area contributed by atoms with Crippen LogP contribution in [0.1, 0.15) is 12.8 Å². The molecule has 1 aliphatic rings. The number of nitrogens with two attached hydrogens (primary N) is 4. The van der Waals surface area contributed by atoms with E-state index in [0.29, 0.717) is 13.1 Å². The minimum Gasteiger partial charge on any atom is -0.329 e. The predicted octanol–water partition coefficient (Wildman–Crippen LogP) is 0.487. The van der Waals surface area contributed by atoms with E-state index < -0.39 is 0 Å². The Hall–Kier alpha value is 1.50. The molecule has 0 saturated carbocycles. The first-order chi connectivity index (χ1) is 8.65. The largest absolute Gasteiger partial charge is 0.329 e. The van der Waals surface area contributed by atoms with Gasteiger partial charge in [-0.3, -0.25) is 0 Å². The Bertz CT molecular complexity index is 202. The maximum absolute atomic E-state index is 5.83. The summed E-state index contributed by atoms with van der Waals surface area (Å²) >= 11 is 0. The highest BCUT2D eigenvalue weighted by molar-refractivity contribution is 5.86. The summed E-state index contributed by atoms with van der Waals surface area (Å²) in [5.74, 6) is 0. The summed E-state index contributed by atoms with van der Waals surface area (Å²) < 4.78 is 0. The lowest BCUT2D eigenvalue weighted by Gasteiger charge is -2.35. The minimum atomic E-state index is 0. The Labute approximate surface area is 184 Å². The molecule has 1 rings (SSSR count). The molecule has 2 atom stereocenters. The van der Waals surface area contributed by atoms with Gasteiger partial charge in [-0.15, -0.1) is 74.4 Å². The summed E-state index contributed by atoms with van der Waals surface area (Å²) in [4.78, 5) is 4.93. The fourth-order valence-corrected chi connectivity index (χ4v) is 2.17.